The Balaban J connectivity index is 0.00000529. The van der Waals surface area contributed by atoms with Gasteiger partial charge in [0.2, 0.25) is 10.0 Å². The first-order valence-electron chi connectivity index (χ1n) is 14.0. The average molecular weight is 661 g/mol. The van der Waals surface area contributed by atoms with E-state index >= 15 is 0 Å². The number of amides is 1. The molecule has 1 saturated heterocycles. The van der Waals surface area contributed by atoms with Gasteiger partial charge in [-0.05, 0) is 83.9 Å². The fraction of sp³-hybridized carbons (Fsp3) is 0.387. The summed E-state index contributed by atoms with van der Waals surface area (Å²) in [6, 6.07) is 16.4. The molecular weight excluding hydrogens is 624 g/mol. The van der Waals surface area contributed by atoms with Crippen LogP contribution in [-0.2, 0) is 21.4 Å². The van der Waals surface area contributed by atoms with Gasteiger partial charge in [-0.2, -0.15) is 11.3 Å². The number of ether oxygens (including phenoxy) is 1. The van der Waals surface area contributed by atoms with Gasteiger partial charge >= 0.3 is 6.09 Å². The number of likely N-dealkylation sites (tertiary alicyclic amines) is 1. The molecule has 0 bridgehead atoms. The van der Waals surface area contributed by atoms with Gasteiger partial charge in [0.05, 0.1) is 16.4 Å². The molecule has 0 spiro atoms. The number of benzene rings is 2. The topological polar surface area (TPSA) is 113 Å². The van der Waals surface area contributed by atoms with E-state index in [0.29, 0.717) is 12.1 Å². The van der Waals surface area contributed by atoms with Crippen molar-refractivity contribution in [2.45, 2.75) is 42.7 Å². The van der Waals surface area contributed by atoms with Gasteiger partial charge in [0.1, 0.15) is 6.61 Å². The predicted octanol–water partition coefficient (Wildman–Crippen LogP) is 5.61. The van der Waals surface area contributed by atoms with Crippen LogP contribution >= 0.6 is 23.7 Å². The van der Waals surface area contributed by atoms with Gasteiger partial charge < -0.3 is 9.64 Å². The molecule has 0 unspecified atom stereocenters. The second-order valence-electron chi connectivity index (χ2n) is 10.5. The van der Waals surface area contributed by atoms with E-state index in [4.69, 9.17) is 11.2 Å². The van der Waals surface area contributed by atoms with Crippen molar-refractivity contribution in [3.63, 3.8) is 0 Å². The lowest BCUT2D eigenvalue weighted by Gasteiger charge is -2.37. The number of piperidine rings is 1. The molecule has 1 fully saturated rings. The van der Waals surface area contributed by atoms with Crippen molar-refractivity contribution < 1.29 is 22.9 Å². The Kier molecular flexibility index (Phi) is 13.2. The SMILES string of the molecule is C#CCN(C(=O)OCc1ccc([N+](=O)[O-])cc1)C1CCN(CC[C@H](CN(C)S(=O)(=O)c2ccccc2)c2ccsc2)CC1.Cl. The highest BCUT2D eigenvalue weighted by Gasteiger charge is 2.30. The van der Waals surface area contributed by atoms with E-state index in [1.807, 2.05) is 5.38 Å². The third kappa shape index (κ3) is 9.27. The molecule has 0 N–H and O–H groups in total. The van der Waals surface area contributed by atoms with Crippen molar-refractivity contribution >= 4 is 45.5 Å². The molecular formula is C31H37ClN4O6S2. The van der Waals surface area contributed by atoms with Crippen LogP contribution in [0.3, 0.4) is 0 Å². The summed E-state index contributed by atoms with van der Waals surface area (Å²) < 4.78 is 33.2. The number of carbonyl (C=O) groups excluding carboxylic acids is 1. The normalized spacial score (nSPS) is 14.8. The first-order valence-corrected chi connectivity index (χ1v) is 16.4. The lowest BCUT2D eigenvalue weighted by Crippen LogP contribution is -2.48. The van der Waals surface area contributed by atoms with E-state index in [1.54, 1.807) is 65.7 Å². The van der Waals surface area contributed by atoms with Crippen molar-refractivity contribution in [1.82, 2.24) is 14.1 Å². The first-order chi connectivity index (χ1) is 20.7. The molecule has 1 aliphatic rings. The Bertz CT molecular complexity index is 1490. The standard InChI is InChI=1S/C31H36N4O6S2.ClH/c1-3-17-34(31(36)41-23-25-9-11-29(12-10-25)35(37)38)28-14-19-33(20-15-28)18-13-26(27-16-21-42-24-27)22-32(2)43(39,40)30-7-5-4-6-8-30;/h1,4-12,16,21,24,26,28H,13-15,17-20,22-23H2,2H3;1H/t26-;/m1./s1. The van der Waals surface area contributed by atoms with Crippen molar-refractivity contribution in [2.24, 2.45) is 0 Å². The van der Waals surface area contributed by atoms with Crippen LogP contribution in [0.5, 0.6) is 0 Å². The fourth-order valence-corrected chi connectivity index (χ4v) is 7.21. The molecule has 44 heavy (non-hydrogen) atoms. The summed E-state index contributed by atoms with van der Waals surface area (Å²) in [6.07, 6.45) is 7.33. The van der Waals surface area contributed by atoms with Gasteiger partial charge in [0.15, 0.2) is 0 Å². The zero-order valence-corrected chi connectivity index (χ0v) is 26.9. The summed E-state index contributed by atoms with van der Waals surface area (Å²) in [4.78, 5) is 27.5. The molecule has 3 aromatic rings. The van der Waals surface area contributed by atoms with E-state index in [9.17, 15) is 23.3 Å². The minimum absolute atomic E-state index is 0. The molecule has 0 radical (unpaired) electrons. The Morgan fingerprint density at radius 2 is 1.84 bits per heavy atom. The summed E-state index contributed by atoms with van der Waals surface area (Å²) in [7, 11) is -1.96. The highest BCUT2D eigenvalue weighted by Crippen LogP contribution is 2.27. The number of terminal acetylenes is 1. The van der Waals surface area contributed by atoms with E-state index in [1.165, 1.54) is 16.4 Å². The maximum Gasteiger partial charge on any atom is 0.411 e. The summed E-state index contributed by atoms with van der Waals surface area (Å²) >= 11 is 1.60. The lowest BCUT2D eigenvalue weighted by molar-refractivity contribution is -0.384. The van der Waals surface area contributed by atoms with Crippen LogP contribution in [0.15, 0.2) is 76.3 Å². The Morgan fingerprint density at radius 1 is 1.16 bits per heavy atom. The van der Waals surface area contributed by atoms with Gasteiger partial charge in [-0.25, -0.2) is 17.5 Å². The first kappa shape index (κ1) is 35.0. The number of hydrogen-bond acceptors (Lipinski definition) is 8. The minimum Gasteiger partial charge on any atom is -0.445 e. The predicted molar refractivity (Wildman–Crippen MR) is 173 cm³/mol. The number of halogens is 1. The number of thiophene rings is 1. The van der Waals surface area contributed by atoms with Crippen LogP contribution in [0.1, 0.15) is 36.3 Å². The van der Waals surface area contributed by atoms with E-state index < -0.39 is 21.0 Å². The highest BCUT2D eigenvalue weighted by molar-refractivity contribution is 7.89. The van der Waals surface area contributed by atoms with Crippen molar-refractivity contribution in [3.05, 3.63) is 92.7 Å². The molecule has 0 saturated carbocycles. The molecule has 1 amide bonds. The molecule has 10 nitrogen and oxygen atoms in total. The largest absolute Gasteiger partial charge is 0.445 e. The second-order valence-corrected chi connectivity index (χ2v) is 13.3. The van der Waals surface area contributed by atoms with E-state index in [-0.39, 0.29) is 48.1 Å². The number of hydrogen-bond donors (Lipinski definition) is 0. The van der Waals surface area contributed by atoms with Gasteiger partial charge in [-0.3, -0.25) is 15.0 Å². The number of nitro groups is 1. The molecule has 1 aromatic heterocycles. The zero-order valence-electron chi connectivity index (χ0n) is 24.5. The summed E-state index contributed by atoms with van der Waals surface area (Å²) in [5.41, 5.74) is 1.75. The molecule has 0 aliphatic carbocycles. The van der Waals surface area contributed by atoms with Gasteiger partial charge in [0, 0.05) is 44.9 Å². The maximum absolute atomic E-state index is 13.2. The maximum atomic E-state index is 13.2. The number of non-ortho nitro benzene ring substituents is 1. The van der Waals surface area contributed by atoms with Crippen LogP contribution in [0.2, 0.25) is 0 Å². The molecule has 13 heteroatoms. The summed E-state index contributed by atoms with van der Waals surface area (Å²) in [6.45, 7) is 2.85. The third-order valence-corrected chi connectivity index (χ3v) is 10.3. The average Bonchev–Trinajstić information content (AvgIpc) is 3.56. The molecule has 2 aromatic carbocycles. The number of sulfonamides is 1. The van der Waals surface area contributed by atoms with E-state index in [2.05, 4.69) is 22.3 Å². The third-order valence-electron chi connectivity index (χ3n) is 7.74. The fourth-order valence-electron chi connectivity index (χ4n) is 5.23. The van der Waals surface area contributed by atoms with Crippen LogP contribution in [0, 0.1) is 22.5 Å². The molecule has 236 valence electrons. The van der Waals surface area contributed by atoms with E-state index in [0.717, 1.165) is 44.5 Å². The molecule has 1 aliphatic heterocycles. The Morgan fingerprint density at radius 3 is 2.43 bits per heavy atom. The second kappa shape index (κ2) is 16.6. The van der Waals surface area contributed by atoms with Gasteiger partial charge in [0.25, 0.3) is 5.69 Å². The van der Waals surface area contributed by atoms with Gasteiger partial charge in [-0.15, -0.1) is 18.8 Å². The Hall–Kier alpha value is -3.47. The smallest absolute Gasteiger partial charge is 0.411 e. The number of nitrogens with zero attached hydrogens (tertiary/aromatic N) is 4. The van der Waals surface area contributed by atoms with Crippen molar-refractivity contribution in [2.75, 3.05) is 39.8 Å². The number of nitro benzene ring substituents is 1. The zero-order chi connectivity index (χ0) is 30.8. The molecule has 1 atom stereocenters. The minimum atomic E-state index is -3.60. The van der Waals surface area contributed by atoms with Gasteiger partial charge in [-0.1, -0.05) is 24.1 Å². The molecule has 4 rings (SSSR count). The highest BCUT2D eigenvalue weighted by atomic mass is 35.5. The monoisotopic (exact) mass is 660 g/mol. The lowest BCUT2D eigenvalue weighted by atomic mass is 9.97. The van der Waals surface area contributed by atoms with Crippen LogP contribution in [0.25, 0.3) is 0 Å². The number of likely N-dealkylation sites (N-methyl/N-ethyl adjacent to an activating group) is 1. The van der Waals surface area contributed by atoms with Crippen molar-refractivity contribution in [1.29, 1.82) is 0 Å². The molecule has 2 heterocycles. The summed E-state index contributed by atoms with van der Waals surface area (Å²) in [5, 5.41) is 15.0. The van der Waals surface area contributed by atoms with Crippen LogP contribution in [0.4, 0.5) is 10.5 Å². The Labute approximate surface area is 269 Å². The van der Waals surface area contributed by atoms with Crippen molar-refractivity contribution in [3.8, 4) is 12.3 Å². The quantitative estimate of drug-likeness (QED) is 0.133. The number of rotatable bonds is 13. The summed E-state index contributed by atoms with van der Waals surface area (Å²) in [5.74, 6) is 2.60. The number of carbonyl (C=O) groups is 1. The van der Waals surface area contributed by atoms with Crippen LogP contribution in [-0.4, -0.2) is 79.4 Å². The van der Waals surface area contributed by atoms with Crippen LogP contribution < -0.4 is 0 Å².